The molecule has 0 atom stereocenters. The first-order chi connectivity index (χ1) is 7.22. The Balaban J connectivity index is 2.54. The van der Waals surface area contributed by atoms with Gasteiger partial charge in [0.05, 0.1) is 16.6 Å². The zero-order chi connectivity index (χ0) is 10.8. The van der Waals surface area contributed by atoms with Gasteiger partial charge in [-0.15, -0.1) is 21.8 Å². The Kier molecular flexibility index (Phi) is 2.88. The van der Waals surface area contributed by atoms with E-state index >= 15 is 0 Å². The largest absolute Gasteiger partial charge is 0.283 e. The minimum Gasteiger partial charge on any atom is -0.283 e. The van der Waals surface area contributed by atoms with Crippen LogP contribution in [-0.2, 0) is 5.88 Å². The number of hydrogen-bond donors (Lipinski definition) is 0. The van der Waals surface area contributed by atoms with E-state index in [2.05, 4.69) is 10.2 Å². The third kappa shape index (κ3) is 1.96. The fourth-order valence-electron chi connectivity index (χ4n) is 1.23. The van der Waals surface area contributed by atoms with Crippen molar-refractivity contribution in [2.75, 3.05) is 0 Å². The minimum absolute atomic E-state index is 0.216. The van der Waals surface area contributed by atoms with E-state index in [1.54, 1.807) is 10.6 Å². The Morgan fingerprint density at radius 2 is 2.20 bits per heavy atom. The summed E-state index contributed by atoms with van der Waals surface area (Å²) in [5.74, 6) is 0.391. The molecular weight excluding hydrogens is 240 g/mol. The van der Waals surface area contributed by atoms with Gasteiger partial charge in [0, 0.05) is 0 Å². The normalized spacial score (nSPS) is 10.6. The molecule has 0 aliphatic heterocycles. The molecule has 0 fully saturated rings. The smallest absolute Gasteiger partial charge is 0.152 e. The van der Waals surface area contributed by atoms with Crippen LogP contribution in [0, 0.1) is 5.82 Å². The predicted molar refractivity (Wildman–Crippen MR) is 55.9 cm³/mol. The molecule has 0 amide bonds. The van der Waals surface area contributed by atoms with Crippen molar-refractivity contribution >= 4 is 23.2 Å². The maximum Gasteiger partial charge on any atom is 0.152 e. The molecule has 6 heteroatoms. The molecule has 0 bridgehead atoms. The number of rotatable bonds is 2. The standard InChI is InChI=1S/C9H6Cl2FN3/c10-4-9-14-13-5-15(9)8-2-1-6(12)3-7(8)11/h1-3,5H,4H2. The summed E-state index contributed by atoms with van der Waals surface area (Å²) < 4.78 is 14.4. The molecule has 0 saturated heterocycles. The maximum atomic E-state index is 12.8. The van der Waals surface area contributed by atoms with Crippen LogP contribution < -0.4 is 0 Å². The minimum atomic E-state index is -0.385. The number of halogens is 3. The van der Waals surface area contributed by atoms with Crippen LogP contribution in [0.15, 0.2) is 24.5 Å². The van der Waals surface area contributed by atoms with Crippen LogP contribution in [0.1, 0.15) is 5.82 Å². The SMILES string of the molecule is Fc1ccc(-n2cnnc2CCl)c(Cl)c1. The average Bonchev–Trinajstić information content (AvgIpc) is 2.65. The maximum absolute atomic E-state index is 12.8. The van der Waals surface area contributed by atoms with Crippen LogP contribution in [0.4, 0.5) is 4.39 Å². The highest BCUT2D eigenvalue weighted by atomic mass is 35.5. The highest BCUT2D eigenvalue weighted by Gasteiger charge is 2.08. The Hall–Kier alpha value is -1.13. The Morgan fingerprint density at radius 1 is 1.40 bits per heavy atom. The molecule has 0 N–H and O–H groups in total. The summed E-state index contributed by atoms with van der Waals surface area (Å²) in [5, 5.41) is 7.80. The lowest BCUT2D eigenvalue weighted by molar-refractivity contribution is 0.627. The van der Waals surface area contributed by atoms with Gasteiger partial charge in [0.15, 0.2) is 5.82 Å². The molecule has 15 heavy (non-hydrogen) atoms. The van der Waals surface area contributed by atoms with Gasteiger partial charge in [-0.3, -0.25) is 4.57 Å². The molecule has 78 valence electrons. The molecule has 1 heterocycles. The summed E-state index contributed by atoms with van der Waals surface area (Å²) in [7, 11) is 0. The van der Waals surface area contributed by atoms with Gasteiger partial charge in [-0.05, 0) is 18.2 Å². The number of alkyl halides is 1. The van der Waals surface area contributed by atoms with E-state index in [0.717, 1.165) is 0 Å². The highest BCUT2D eigenvalue weighted by Crippen LogP contribution is 2.22. The lowest BCUT2D eigenvalue weighted by Gasteiger charge is -2.06. The van der Waals surface area contributed by atoms with Crippen LogP contribution in [0.2, 0.25) is 5.02 Å². The molecule has 2 aromatic rings. The second kappa shape index (κ2) is 4.16. The van der Waals surface area contributed by atoms with Crippen LogP contribution in [0.3, 0.4) is 0 Å². The van der Waals surface area contributed by atoms with E-state index in [4.69, 9.17) is 23.2 Å². The van der Waals surface area contributed by atoms with E-state index in [-0.39, 0.29) is 11.7 Å². The molecule has 1 aromatic heterocycles. The molecule has 3 nitrogen and oxygen atoms in total. The topological polar surface area (TPSA) is 30.7 Å². The third-order valence-electron chi connectivity index (χ3n) is 1.91. The predicted octanol–water partition coefficient (Wildman–Crippen LogP) is 2.80. The van der Waals surface area contributed by atoms with E-state index in [1.807, 2.05) is 0 Å². The molecule has 0 spiro atoms. The second-order valence-corrected chi connectivity index (χ2v) is 3.52. The van der Waals surface area contributed by atoms with Gasteiger partial charge in [-0.2, -0.15) is 0 Å². The highest BCUT2D eigenvalue weighted by molar-refractivity contribution is 6.32. The molecule has 0 unspecified atom stereocenters. The first-order valence-electron chi connectivity index (χ1n) is 4.12. The Morgan fingerprint density at radius 3 is 2.87 bits per heavy atom. The number of benzene rings is 1. The van der Waals surface area contributed by atoms with Crippen LogP contribution >= 0.6 is 23.2 Å². The fourth-order valence-corrected chi connectivity index (χ4v) is 1.67. The van der Waals surface area contributed by atoms with Gasteiger partial charge in [0.2, 0.25) is 0 Å². The van der Waals surface area contributed by atoms with Crippen LogP contribution in [-0.4, -0.2) is 14.8 Å². The summed E-state index contributed by atoms with van der Waals surface area (Å²) in [6.07, 6.45) is 1.48. The third-order valence-corrected chi connectivity index (χ3v) is 2.45. The van der Waals surface area contributed by atoms with Crippen molar-refractivity contribution in [1.29, 1.82) is 0 Å². The fraction of sp³-hybridized carbons (Fsp3) is 0.111. The van der Waals surface area contributed by atoms with Gasteiger partial charge in [-0.1, -0.05) is 11.6 Å². The second-order valence-electron chi connectivity index (χ2n) is 2.85. The first kappa shape index (κ1) is 10.4. The molecule has 0 saturated carbocycles. The Bertz CT molecular complexity index is 484. The zero-order valence-corrected chi connectivity index (χ0v) is 9.00. The average molecular weight is 246 g/mol. The van der Waals surface area contributed by atoms with Crippen molar-refractivity contribution in [2.24, 2.45) is 0 Å². The van der Waals surface area contributed by atoms with Gasteiger partial charge in [0.25, 0.3) is 0 Å². The molecule has 0 radical (unpaired) electrons. The monoisotopic (exact) mass is 245 g/mol. The van der Waals surface area contributed by atoms with Gasteiger partial charge in [0.1, 0.15) is 12.1 Å². The summed E-state index contributed by atoms with van der Waals surface area (Å²) in [6.45, 7) is 0. The van der Waals surface area contributed by atoms with Crippen molar-refractivity contribution in [1.82, 2.24) is 14.8 Å². The molecular formula is C9H6Cl2FN3. The lowest BCUT2D eigenvalue weighted by Crippen LogP contribution is -1.99. The first-order valence-corrected chi connectivity index (χ1v) is 5.04. The van der Waals surface area contributed by atoms with Crippen LogP contribution in [0.25, 0.3) is 5.69 Å². The van der Waals surface area contributed by atoms with E-state index in [1.165, 1.54) is 18.5 Å². The van der Waals surface area contributed by atoms with Crippen molar-refractivity contribution in [3.63, 3.8) is 0 Å². The van der Waals surface area contributed by atoms with Crippen molar-refractivity contribution in [2.45, 2.75) is 5.88 Å². The van der Waals surface area contributed by atoms with E-state index < -0.39 is 0 Å². The summed E-state index contributed by atoms with van der Waals surface area (Å²) >= 11 is 11.6. The zero-order valence-electron chi connectivity index (χ0n) is 7.49. The lowest BCUT2D eigenvalue weighted by atomic mass is 10.3. The van der Waals surface area contributed by atoms with Crippen molar-refractivity contribution in [3.05, 3.63) is 41.2 Å². The number of nitrogens with zero attached hydrogens (tertiary/aromatic N) is 3. The van der Waals surface area contributed by atoms with Gasteiger partial charge >= 0.3 is 0 Å². The summed E-state index contributed by atoms with van der Waals surface area (Å²) in [6, 6.07) is 4.10. The van der Waals surface area contributed by atoms with Gasteiger partial charge in [-0.25, -0.2) is 4.39 Å². The number of hydrogen-bond acceptors (Lipinski definition) is 2. The molecule has 1 aromatic carbocycles. The summed E-state index contributed by atoms with van der Waals surface area (Å²) in [4.78, 5) is 0. The van der Waals surface area contributed by atoms with E-state index in [9.17, 15) is 4.39 Å². The number of aromatic nitrogens is 3. The molecule has 2 rings (SSSR count). The van der Waals surface area contributed by atoms with Gasteiger partial charge < -0.3 is 0 Å². The van der Waals surface area contributed by atoms with Crippen LogP contribution in [0.5, 0.6) is 0 Å². The van der Waals surface area contributed by atoms with E-state index in [0.29, 0.717) is 16.5 Å². The van der Waals surface area contributed by atoms with Crippen molar-refractivity contribution in [3.8, 4) is 5.69 Å². The summed E-state index contributed by atoms with van der Waals surface area (Å²) in [5.41, 5.74) is 0.610. The quantitative estimate of drug-likeness (QED) is 0.763. The molecule has 0 aliphatic rings. The molecule has 0 aliphatic carbocycles. The Labute approximate surface area is 95.5 Å². The van der Waals surface area contributed by atoms with Crippen molar-refractivity contribution < 1.29 is 4.39 Å².